The Morgan fingerprint density at radius 2 is 2.00 bits per heavy atom. The van der Waals surface area contributed by atoms with E-state index in [2.05, 4.69) is 46.7 Å². The third-order valence-corrected chi connectivity index (χ3v) is 4.29. The lowest BCUT2D eigenvalue weighted by atomic mass is 9.92. The predicted molar refractivity (Wildman–Crippen MR) is 87.8 cm³/mol. The van der Waals surface area contributed by atoms with Gasteiger partial charge in [-0.2, -0.15) is 0 Å². The first-order chi connectivity index (χ1) is 9.32. The summed E-state index contributed by atoms with van der Waals surface area (Å²) in [6.45, 7) is 6.40. The molecule has 0 unspecified atom stereocenters. The third kappa shape index (κ3) is 3.10. The number of nitrogens with zero attached hydrogens (tertiary/aromatic N) is 1. The molecule has 2 aromatic rings. The summed E-state index contributed by atoms with van der Waals surface area (Å²) in [5, 5.41) is 0. The molecule has 106 valence electrons. The van der Waals surface area contributed by atoms with Gasteiger partial charge in [-0.3, -0.25) is 0 Å². The van der Waals surface area contributed by atoms with Gasteiger partial charge in [-0.1, -0.05) is 45.1 Å². The van der Waals surface area contributed by atoms with Crippen molar-refractivity contribution in [2.24, 2.45) is 0 Å². The zero-order chi connectivity index (χ0) is 14.9. The molecule has 0 amide bonds. The van der Waals surface area contributed by atoms with Gasteiger partial charge in [0.2, 0.25) is 0 Å². The molecule has 0 fully saturated rings. The Labute approximate surface area is 132 Å². The molecule has 0 saturated carbocycles. The number of benzene rings is 1. The van der Waals surface area contributed by atoms with Crippen LogP contribution in [0.25, 0.3) is 11.4 Å². The van der Waals surface area contributed by atoms with E-state index in [-0.39, 0.29) is 5.41 Å². The fourth-order valence-electron chi connectivity index (χ4n) is 1.88. The zero-order valence-electron chi connectivity index (χ0n) is 12.0. The van der Waals surface area contributed by atoms with Crippen molar-refractivity contribution in [1.29, 1.82) is 0 Å². The summed E-state index contributed by atoms with van der Waals surface area (Å²) >= 11 is 8.88. The number of rotatable bonds is 2. The lowest BCUT2D eigenvalue weighted by Crippen LogP contribution is -2.16. The largest absolute Gasteiger partial charge is 0.497 e. The molecule has 3 nitrogen and oxygen atoms in total. The Balaban J connectivity index is 2.64. The quantitative estimate of drug-likeness (QED) is 0.783. The van der Waals surface area contributed by atoms with Crippen molar-refractivity contribution in [2.75, 3.05) is 7.11 Å². The monoisotopic (exact) mass is 352 g/mol. The van der Waals surface area contributed by atoms with Gasteiger partial charge >= 0.3 is 0 Å². The third-order valence-electron chi connectivity index (χ3n) is 2.96. The first-order valence-electron chi connectivity index (χ1n) is 6.27. The molecule has 2 rings (SSSR count). The highest BCUT2D eigenvalue weighted by molar-refractivity contribution is 9.10. The summed E-state index contributed by atoms with van der Waals surface area (Å²) in [4.78, 5) is 7.83. The highest BCUT2D eigenvalue weighted by Gasteiger charge is 2.20. The maximum absolute atomic E-state index is 5.35. The lowest BCUT2D eigenvalue weighted by Gasteiger charge is -2.21. The second-order valence-corrected chi connectivity index (χ2v) is 6.74. The van der Waals surface area contributed by atoms with E-state index in [1.54, 1.807) is 7.11 Å². The summed E-state index contributed by atoms with van der Waals surface area (Å²) in [5.41, 5.74) is 1.94. The second kappa shape index (κ2) is 5.66. The molecule has 0 spiro atoms. The number of aromatic nitrogens is 2. The second-order valence-electron chi connectivity index (χ2n) is 5.56. The maximum Gasteiger partial charge on any atom is 0.144 e. The minimum Gasteiger partial charge on any atom is -0.497 e. The molecule has 1 heterocycles. The number of methoxy groups -OCH3 is 1. The van der Waals surface area contributed by atoms with E-state index in [1.807, 2.05) is 24.3 Å². The molecule has 0 saturated heterocycles. The highest BCUT2D eigenvalue weighted by atomic mass is 79.9. The van der Waals surface area contributed by atoms with Crippen molar-refractivity contribution in [3.63, 3.8) is 0 Å². The van der Waals surface area contributed by atoms with Gasteiger partial charge in [-0.25, -0.2) is 4.98 Å². The van der Waals surface area contributed by atoms with Crippen LogP contribution in [0.1, 0.15) is 26.5 Å². The van der Waals surface area contributed by atoms with Gasteiger partial charge in [-0.05, 0) is 28.1 Å². The van der Waals surface area contributed by atoms with Gasteiger partial charge in [0.15, 0.2) is 0 Å². The van der Waals surface area contributed by atoms with Crippen LogP contribution in [0, 0.1) is 4.64 Å². The van der Waals surface area contributed by atoms with Crippen molar-refractivity contribution in [3.8, 4) is 17.1 Å². The molecular formula is C15H17BrN2OS. The van der Waals surface area contributed by atoms with Gasteiger partial charge in [-0.15, -0.1) is 0 Å². The summed E-state index contributed by atoms with van der Waals surface area (Å²) in [5.74, 6) is 1.55. The number of halogens is 1. The van der Waals surface area contributed by atoms with E-state index in [4.69, 9.17) is 17.0 Å². The van der Waals surface area contributed by atoms with Crippen LogP contribution in [-0.4, -0.2) is 17.1 Å². The van der Waals surface area contributed by atoms with Gasteiger partial charge in [0.05, 0.1) is 11.6 Å². The molecule has 0 aliphatic rings. The van der Waals surface area contributed by atoms with E-state index in [9.17, 15) is 0 Å². The fraction of sp³-hybridized carbons (Fsp3) is 0.333. The summed E-state index contributed by atoms with van der Waals surface area (Å²) in [6, 6.07) is 7.76. The summed E-state index contributed by atoms with van der Waals surface area (Å²) < 4.78 is 6.67. The van der Waals surface area contributed by atoms with Crippen LogP contribution in [0.15, 0.2) is 28.7 Å². The summed E-state index contributed by atoms with van der Waals surface area (Å²) in [7, 11) is 1.65. The number of H-pyrrole nitrogens is 1. The minimum absolute atomic E-state index is 0.0526. The van der Waals surface area contributed by atoms with Crippen LogP contribution in [0.4, 0.5) is 0 Å². The number of aromatic amines is 1. The van der Waals surface area contributed by atoms with E-state index >= 15 is 0 Å². The van der Waals surface area contributed by atoms with Crippen molar-refractivity contribution in [2.45, 2.75) is 26.2 Å². The molecule has 0 radical (unpaired) electrons. The maximum atomic E-state index is 5.35. The molecule has 20 heavy (non-hydrogen) atoms. The van der Waals surface area contributed by atoms with E-state index in [0.29, 0.717) is 4.64 Å². The molecule has 0 aliphatic carbocycles. The molecular weight excluding hydrogens is 336 g/mol. The Hall–Kier alpha value is -1.20. The van der Waals surface area contributed by atoms with Crippen molar-refractivity contribution >= 4 is 28.1 Å². The highest BCUT2D eigenvalue weighted by Crippen LogP contribution is 2.31. The standard InChI is InChI=1S/C15H17BrN2OS/c1-15(2,3)12-11(16)14(20)18-13(17-12)9-6-5-7-10(8-9)19-4/h5-8H,1-4H3,(H,17,18,20). The van der Waals surface area contributed by atoms with Gasteiger partial charge in [0.1, 0.15) is 16.2 Å². The normalized spacial score (nSPS) is 11.4. The van der Waals surface area contributed by atoms with Crippen molar-refractivity contribution in [3.05, 3.63) is 39.1 Å². The number of ether oxygens (including phenoxy) is 1. The molecule has 1 aromatic heterocycles. The number of hydrogen-bond donors (Lipinski definition) is 1. The molecule has 1 aromatic carbocycles. The zero-order valence-corrected chi connectivity index (χ0v) is 14.4. The van der Waals surface area contributed by atoms with Gasteiger partial charge < -0.3 is 9.72 Å². The van der Waals surface area contributed by atoms with Crippen molar-refractivity contribution in [1.82, 2.24) is 9.97 Å². The Morgan fingerprint density at radius 3 is 2.60 bits per heavy atom. The van der Waals surface area contributed by atoms with Gasteiger partial charge in [0, 0.05) is 16.7 Å². The van der Waals surface area contributed by atoms with Crippen LogP contribution in [0.2, 0.25) is 0 Å². The molecule has 5 heteroatoms. The molecule has 0 bridgehead atoms. The lowest BCUT2D eigenvalue weighted by molar-refractivity contribution is 0.415. The van der Waals surface area contributed by atoms with Crippen LogP contribution in [0.5, 0.6) is 5.75 Å². The average Bonchev–Trinajstić information content (AvgIpc) is 2.40. The van der Waals surface area contributed by atoms with E-state index < -0.39 is 0 Å². The predicted octanol–water partition coefficient (Wildman–Crippen LogP) is 4.87. The van der Waals surface area contributed by atoms with E-state index in [0.717, 1.165) is 27.3 Å². The average molecular weight is 353 g/mol. The number of hydrogen-bond acceptors (Lipinski definition) is 3. The van der Waals surface area contributed by atoms with Crippen LogP contribution in [0.3, 0.4) is 0 Å². The van der Waals surface area contributed by atoms with Crippen LogP contribution in [-0.2, 0) is 5.41 Å². The first kappa shape index (κ1) is 15.2. The SMILES string of the molecule is COc1cccc(-c2nc(=S)c(Br)c(C(C)(C)C)[nH]2)c1. The first-order valence-corrected chi connectivity index (χ1v) is 7.48. The summed E-state index contributed by atoms with van der Waals surface area (Å²) in [6.07, 6.45) is 0. The Kier molecular flexibility index (Phi) is 4.30. The van der Waals surface area contributed by atoms with E-state index in [1.165, 1.54) is 0 Å². The smallest absolute Gasteiger partial charge is 0.144 e. The van der Waals surface area contributed by atoms with Crippen LogP contribution >= 0.6 is 28.1 Å². The van der Waals surface area contributed by atoms with Gasteiger partial charge in [0.25, 0.3) is 0 Å². The topological polar surface area (TPSA) is 37.9 Å². The Morgan fingerprint density at radius 1 is 1.30 bits per heavy atom. The van der Waals surface area contributed by atoms with Crippen LogP contribution < -0.4 is 4.74 Å². The molecule has 0 aliphatic heterocycles. The fourth-order valence-corrected chi connectivity index (χ4v) is 2.86. The minimum atomic E-state index is -0.0526. The molecule has 0 atom stereocenters. The van der Waals surface area contributed by atoms with Crippen molar-refractivity contribution < 1.29 is 4.74 Å². The number of nitrogens with one attached hydrogen (secondary N) is 1. The molecule has 1 N–H and O–H groups in total. The Bertz CT molecular complexity index is 689.